The number of nitrogens with zero attached hydrogens (tertiary/aromatic N) is 1. The number of ether oxygens (including phenoxy) is 2. The predicted molar refractivity (Wildman–Crippen MR) is 108 cm³/mol. The van der Waals surface area contributed by atoms with E-state index in [4.69, 9.17) is 15.9 Å². The third-order valence-corrected chi connectivity index (χ3v) is 4.29. The number of aryl methyl sites for hydroxylation is 1. The summed E-state index contributed by atoms with van der Waals surface area (Å²) in [6.45, 7) is 1.77. The van der Waals surface area contributed by atoms with Gasteiger partial charge in [-0.05, 0) is 36.8 Å². The van der Waals surface area contributed by atoms with Crippen LogP contribution in [0.4, 0.5) is 10.5 Å². The number of anilines is 1. The standard InChI is InChI=1S/C22H18N2O5/c1-4-11-29-19-13-16(28-3)10-9-15(19)12-17-20(25)23-22(27)24(21(17)26)18-8-6-5-7-14(18)2/h1,5-10,12-13H,11H2,2-3H3,(H,23,25,27)/b17-12+. The number of rotatable bonds is 5. The second-order valence-corrected chi connectivity index (χ2v) is 6.14. The van der Waals surface area contributed by atoms with Gasteiger partial charge in [-0.25, -0.2) is 9.69 Å². The zero-order chi connectivity index (χ0) is 21.0. The van der Waals surface area contributed by atoms with E-state index in [2.05, 4.69) is 11.2 Å². The molecule has 4 amide bonds. The van der Waals surface area contributed by atoms with Crippen LogP contribution in [0.15, 0.2) is 48.0 Å². The summed E-state index contributed by atoms with van der Waals surface area (Å²) >= 11 is 0. The number of benzene rings is 2. The number of urea groups is 1. The van der Waals surface area contributed by atoms with Gasteiger partial charge in [-0.2, -0.15) is 0 Å². The number of carbonyl (C=O) groups excluding carboxylic acids is 3. The van der Waals surface area contributed by atoms with Crippen molar-refractivity contribution in [1.82, 2.24) is 5.32 Å². The van der Waals surface area contributed by atoms with E-state index in [1.165, 1.54) is 13.2 Å². The lowest BCUT2D eigenvalue weighted by atomic mass is 10.0. The summed E-state index contributed by atoms with van der Waals surface area (Å²) in [5.74, 6) is 1.71. The third kappa shape index (κ3) is 3.96. The second-order valence-electron chi connectivity index (χ2n) is 6.14. The van der Waals surface area contributed by atoms with Crippen molar-refractivity contribution >= 4 is 29.6 Å². The highest BCUT2D eigenvalue weighted by Crippen LogP contribution is 2.29. The first-order chi connectivity index (χ1) is 14.0. The average Bonchev–Trinajstić information content (AvgIpc) is 2.71. The molecule has 0 bridgehead atoms. The van der Waals surface area contributed by atoms with Gasteiger partial charge >= 0.3 is 6.03 Å². The molecule has 146 valence electrons. The molecular weight excluding hydrogens is 372 g/mol. The minimum Gasteiger partial charge on any atom is -0.497 e. The van der Waals surface area contributed by atoms with Gasteiger partial charge in [-0.15, -0.1) is 6.42 Å². The Morgan fingerprint density at radius 3 is 2.62 bits per heavy atom. The van der Waals surface area contributed by atoms with Gasteiger partial charge in [0.2, 0.25) is 0 Å². The highest BCUT2D eigenvalue weighted by molar-refractivity contribution is 6.39. The van der Waals surface area contributed by atoms with Crippen LogP contribution in [0, 0.1) is 19.3 Å². The van der Waals surface area contributed by atoms with Gasteiger partial charge < -0.3 is 9.47 Å². The van der Waals surface area contributed by atoms with Crippen LogP contribution in [0.25, 0.3) is 6.08 Å². The van der Waals surface area contributed by atoms with Gasteiger partial charge in [0.1, 0.15) is 23.7 Å². The smallest absolute Gasteiger partial charge is 0.335 e. The molecule has 0 atom stereocenters. The predicted octanol–water partition coefficient (Wildman–Crippen LogP) is 2.68. The Hall–Kier alpha value is -4.05. The third-order valence-electron chi connectivity index (χ3n) is 4.29. The van der Waals surface area contributed by atoms with E-state index in [1.54, 1.807) is 49.4 Å². The summed E-state index contributed by atoms with van der Waals surface area (Å²) in [7, 11) is 1.50. The zero-order valence-electron chi connectivity index (χ0n) is 15.9. The summed E-state index contributed by atoms with van der Waals surface area (Å²) in [6.07, 6.45) is 6.62. The zero-order valence-corrected chi connectivity index (χ0v) is 15.9. The molecule has 1 aliphatic rings. The number of carbonyl (C=O) groups is 3. The summed E-state index contributed by atoms with van der Waals surface area (Å²) in [5.41, 5.74) is 1.35. The fourth-order valence-corrected chi connectivity index (χ4v) is 2.85. The highest BCUT2D eigenvalue weighted by atomic mass is 16.5. The number of amides is 4. The molecule has 1 N–H and O–H groups in total. The first-order valence-electron chi connectivity index (χ1n) is 8.67. The normalized spacial score (nSPS) is 15.1. The lowest BCUT2D eigenvalue weighted by molar-refractivity contribution is -0.122. The number of nitrogens with one attached hydrogen (secondary N) is 1. The van der Waals surface area contributed by atoms with Crippen LogP contribution >= 0.6 is 0 Å². The molecule has 2 aromatic rings. The molecule has 0 spiro atoms. The van der Waals surface area contributed by atoms with Crippen LogP contribution in [-0.2, 0) is 9.59 Å². The Kier molecular flexibility index (Phi) is 5.65. The molecule has 29 heavy (non-hydrogen) atoms. The van der Waals surface area contributed by atoms with Gasteiger partial charge in [0, 0.05) is 11.6 Å². The maximum Gasteiger partial charge on any atom is 0.335 e. The molecule has 0 aromatic heterocycles. The molecule has 1 heterocycles. The van der Waals surface area contributed by atoms with E-state index in [-0.39, 0.29) is 12.2 Å². The lowest BCUT2D eigenvalue weighted by Crippen LogP contribution is -2.54. The molecule has 1 fully saturated rings. The highest BCUT2D eigenvalue weighted by Gasteiger charge is 2.37. The minimum atomic E-state index is -0.801. The maximum absolute atomic E-state index is 13.0. The Balaban J connectivity index is 2.05. The van der Waals surface area contributed by atoms with E-state index < -0.39 is 17.8 Å². The fraction of sp³-hybridized carbons (Fsp3) is 0.136. The van der Waals surface area contributed by atoms with Crippen molar-refractivity contribution in [2.24, 2.45) is 0 Å². The van der Waals surface area contributed by atoms with Gasteiger partial charge in [-0.1, -0.05) is 24.1 Å². The second kappa shape index (κ2) is 8.31. The van der Waals surface area contributed by atoms with Crippen LogP contribution in [-0.4, -0.2) is 31.6 Å². The lowest BCUT2D eigenvalue weighted by Gasteiger charge is -2.27. The number of hydrogen-bond donors (Lipinski definition) is 1. The van der Waals surface area contributed by atoms with Crippen molar-refractivity contribution in [3.05, 3.63) is 59.2 Å². The van der Waals surface area contributed by atoms with Gasteiger partial charge in [0.15, 0.2) is 0 Å². The quantitative estimate of drug-likeness (QED) is 0.482. The number of hydrogen-bond acceptors (Lipinski definition) is 5. The van der Waals surface area contributed by atoms with Crippen molar-refractivity contribution < 1.29 is 23.9 Å². The monoisotopic (exact) mass is 390 g/mol. The molecule has 1 saturated heterocycles. The van der Waals surface area contributed by atoms with Crippen molar-refractivity contribution in [2.75, 3.05) is 18.6 Å². The van der Waals surface area contributed by atoms with Gasteiger partial charge in [0.05, 0.1) is 12.8 Å². The minimum absolute atomic E-state index is 0.00267. The largest absolute Gasteiger partial charge is 0.497 e. The van der Waals surface area contributed by atoms with Crippen molar-refractivity contribution in [3.63, 3.8) is 0 Å². The molecular formula is C22H18N2O5. The number of methoxy groups -OCH3 is 1. The van der Waals surface area contributed by atoms with Gasteiger partial charge in [0.25, 0.3) is 11.8 Å². The molecule has 0 aliphatic carbocycles. The molecule has 0 radical (unpaired) electrons. The molecule has 7 nitrogen and oxygen atoms in total. The fourth-order valence-electron chi connectivity index (χ4n) is 2.85. The van der Waals surface area contributed by atoms with E-state index in [9.17, 15) is 14.4 Å². The average molecular weight is 390 g/mol. The molecule has 3 rings (SSSR count). The van der Waals surface area contributed by atoms with Gasteiger partial charge in [-0.3, -0.25) is 14.9 Å². The van der Waals surface area contributed by atoms with Crippen molar-refractivity contribution in [2.45, 2.75) is 6.92 Å². The van der Waals surface area contributed by atoms with Crippen LogP contribution in [0.1, 0.15) is 11.1 Å². The Bertz CT molecular complexity index is 1070. The summed E-state index contributed by atoms with van der Waals surface area (Å²) in [6, 6.07) is 11.0. The summed E-state index contributed by atoms with van der Waals surface area (Å²) in [4.78, 5) is 38.7. The van der Waals surface area contributed by atoms with Crippen molar-refractivity contribution in [3.8, 4) is 23.8 Å². The van der Waals surface area contributed by atoms with Crippen molar-refractivity contribution in [1.29, 1.82) is 0 Å². The Labute approximate surface area is 167 Å². The maximum atomic E-state index is 13.0. The van der Waals surface area contributed by atoms with E-state index in [0.717, 1.165) is 4.90 Å². The first kappa shape index (κ1) is 19.7. The first-order valence-corrected chi connectivity index (χ1v) is 8.67. The van der Waals surface area contributed by atoms with Crippen LogP contribution in [0.2, 0.25) is 0 Å². The number of barbiturate groups is 1. The SMILES string of the molecule is C#CCOc1cc(OC)ccc1/C=C1\C(=O)NC(=O)N(c2ccccc2C)C1=O. The number of para-hydroxylation sites is 1. The van der Waals surface area contributed by atoms with Crippen LogP contribution in [0.5, 0.6) is 11.5 Å². The Morgan fingerprint density at radius 1 is 1.17 bits per heavy atom. The topological polar surface area (TPSA) is 84.9 Å². The number of imide groups is 2. The molecule has 0 unspecified atom stereocenters. The molecule has 1 aliphatic heterocycles. The molecule has 0 saturated carbocycles. The number of terminal acetylenes is 1. The Morgan fingerprint density at radius 2 is 1.93 bits per heavy atom. The van der Waals surface area contributed by atoms with E-state index in [0.29, 0.717) is 28.3 Å². The van der Waals surface area contributed by atoms with Crippen LogP contribution < -0.4 is 19.7 Å². The molecule has 2 aromatic carbocycles. The van der Waals surface area contributed by atoms with E-state index in [1.807, 2.05) is 0 Å². The molecule has 7 heteroatoms. The van der Waals surface area contributed by atoms with Crippen LogP contribution in [0.3, 0.4) is 0 Å². The summed E-state index contributed by atoms with van der Waals surface area (Å²) < 4.78 is 10.7. The summed E-state index contributed by atoms with van der Waals surface area (Å²) in [5, 5.41) is 2.20. The van der Waals surface area contributed by atoms with E-state index >= 15 is 0 Å².